The Morgan fingerprint density at radius 1 is 1.12 bits per heavy atom. The molecule has 1 atom stereocenters. The van der Waals surface area contributed by atoms with Gasteiger partial charge < -0.3 is 29.2 Å². The molecule has 1 aliphatic carbocycles. The lowest BCUT2D eigenvalue weighted by Gasteiger charge is -2.27. The van der Waals surface area contributed by atoms with E-state index in [9.17, 15) is 20.0 Å². The number of benzene rings is 2. The summed E-state index contributed by atoms with van der Waals surface area (Å²) >= 11 is 0. The van der Waals surface area contributed by atoms with Gasteiger partial charge in [-0.25, -0.2) is 23.5 Å². The SMILES string of the molecule is COc1cc(C(=O)NC2(C#N)CC2)ncc1COc1cccc(-c2cc(F)c(Cc3nc4ccc(C(=O)O)cc4n3C[C@@H]3CCO3)cc2F)n1. The molecule has 12 nitrogen and oxygen atoms in total. The van der Waals surface area contributed by atoms with Gasteiger partial charge in [-0.3, -0.25) is 9.78 Å². The van der Waals surface area contributed by atoms with Crippen molar-refractivity contribution in [2.45, 2.75) is 50.5 Å². The lowest BCUT2D eigenvalue weighted by Crippen LogP contribution is -2.36. The van der Waals surface area contributed by atoms with E-state index in [1.165, 1.54) is 37.6 Å². The molecule has 0 spiro atoms. The minimum absolute atomic E-state index is 0.0427. The van der Waals surface area contributed by atoms with Gasteiger partial charge in [0, 0.05) is 42.5 Å². The number of ether oxygens (including phenoxy) is 3. The predicted octanol–water partition coefficient (Wildman–Crippen LogP) is 5.22. The van der Waals surface area contributed by atoms with Crippen molar-refractivity contribution in [1.29, 1.82) is 5.26 Å². The number of aromatic nitrogens is 4. The monoisotopic (exact) mass is 680 g/mol. The number of aromatic carboxylic acids is 1. The predicted molar refractivity (Wildman–Crippen MR) is 174 cm³/mol. The Kier molecular flexibility index (Phi) is 8.59. The quantitative estimate of drug-likeness (QED) is 0.179. The van der Waals surface area contributed by atoms with Crippen LogP contribution in [0, 0.1) is 23.0 Å². The first kappa shape index (κ1) is 32.6. The van der Waals surface area contributed by atoms with Gasteiger partial charge in [-0.1, -0.05) is 6.07 Å². The fraction of sp³-hybridized carbons (Fsp3) is 0.278. The van der Waals surface area contributed by atoms with Crippen LogP contribution >= 0.6 is 0 Å². The van der Waals surface area contributed by atoms with Crippen LogP contribution < -0.4 is 14.8 Å². The third-order valence-corrected chi connectivity index (χ3v) is 8.83. The van der Waals surface area contributed by atoms with Gasteiger partial charge in [0.2, 0.25) is 5.88 Å². The highest BCUT2D eigenvalue weighted by Crippen LogP contribution is 2.35. The number of pyridine rings is 2. The van der Waals surface area contributed by atoms with Crippen molar-refractivity contribution in [2.24, 2.45) is 0 Å². The third-order valence-electron chi connectivity index (χ3n) is 8.83. The summed E-state index contributed by atoms with van der Waals surface area (Å²) in [6, 6.07) is 15.0. The number of halogens is 2. The summed E-state index contributed by atoms with van der Waals surface area (Å²) in [4.78, 5) is 37.4. The first-order valence-corrected chi connectivity index (χ1v) is 15.8. The molecule has 1 aliphatic heterocycles. The molecule has 2 aromatic carbocycles. The molecule has 1 saturated heterocycles. The Labute approximate surface area is 284 Å². The molecule has 0 bridgehead atoms. The number of carbonyl (C=O) groups excluding carboxylic acids is 1. The molecule has 14 heteroatoms. The average molecular weight is 681 g/mol. The van der Waals surface area contributed by atoms with Crippen molar-refractivity contribution in [2.75, 3.05) is 13.7 Å². The molecule has 50 heavy (non-hydrogen) atoms. The van der Waals surface area contributed by atoms with E-state index in [0.29, 0.717) is 54.2 Å². The number of hydrogen-bond acceptors (Lipinski definition) is 9. The molecular formula is C36H30F2N6O6. The number of carbonyl (C=O) groups is 2. The van der Waals surface area contributed by atoms with E-state index in [1.54, 1.807) is 18.2 Å². The maximum atomic E-state index is 15.6. The number of fused-ring (bicyclic) bond motifs is 1. The maximum Gasteiger partial charge on any atom is 0.335 e. The smallest absolute Gasteiger partial charge is 0.335 e. The number of nitrogens with one attached hydrogen (secondary N) is 1. The van der Waals surface area contributed by atoms with Gasteiger partial charge in [-0.05, 0) is 61.2 Å². The van der Waals surface area contributed by atoms with Crippen LogP contribution in [0.25, 0.3) is 22.3 Å². The number of rotatable bonds is 12. The van der Waals surface area contributed by atoms with E-state index in [1.807, 2.05) is 4.57 Å². The summed E-state index contributed by atoms with van der Waals surface area (Å²) < 4.78 is 49.9. The lowest BCUT2D eigenvalue weighted by atomic mass is 10.0. The Bertz CT molecular complexity index is 2190. The largest absolute Gasteiger partial charge is 0.496 e. The standard InChI is InChI=1S/C36H30F2N6O6/c1-48-31-15-29(34(45)43-36(19-39)8-9-36)40-16-22(31)18-50-33-4-2-3-27(42-33)24-14-25(37)21(11-26(24)38)13-32-41-28-6-5-20(35(46)47)12-30(28)44(32)17-23-7-10-49-23/h2-6,11-12,14-16,23H,7-10,13,17-18H2,1H3,(H,43,45)(H,46,47)/t23-/m0/s1. The van der Waals surface area contributed by atoms with Gasteiger partial charge in [0.05, 0.1) is 48.1 Å². The van der Waals surface area contributed by atoms with Gasteiger partial charge in [0.15, 0.2) is 0 Å². The molecule has 0 unspecified atom stereocenters. The Morgan fingerprint density at radius 3 is 2.64 bits per heavy atom. The summed E-state index contributed by atoms with van der Waals surface area (Å²) in [5.41, 5.74) is 1.11. The normalized spacial score (nSPS) is 15.9. The topological polar surface area (TPSA) is 161 Å². The van der Waals surface area contributed by atoms with Crippen LogP contribution in [-0.4, -0.2) is 61.9 Å². The van der Waals surface area contributed by atoms with Crippen LogP contribution in [-0.2, 0) is 24.3 Å². The molecular weight excluding hydrogens is 650 g/mol. The van der Waals surface area contributed by atoms with Crippen LogP contribution in [0.4, 0.5) is 8.78 Å². The summed E-state index contributed by atoms with van der Waals surface area (Å²) in [5.74, 6) is -2.01. The minimum atomic E-state index is -1.08. The van der Waals surface area contributed by atoms with Gasteiger partial charge >= 0.3 is 5.97 Å². The van der Waals surface area contributed by atoms with Crippen molar-refractivity contribution in [3.05, 3.63) is 101 Å². The highest BCUT2D eigenvalue weighted by atomic mass is 19.1. The molecule has 2 N–H and O–H groups in total. The zero-order valence-electron chi connectivity index (χ0n) is 26.8. The molecule has 0 radical (unpaired) electrons. The van der Waals surface area contributed by atoms with Gasteiger partial charge in [-0.15, -0.1) is 0 Å². The van der Waals surface area contributed by atoms with Crippen molar-refractivity contribution in [3.8, 4) is 29.0 Å². The Hall–Kier alpha value is -5.94. The highest BCUT2D eigenvalue weighted by molar-refractivity contribution is 5.94. The number of carboxylic acid groups (broad SMARTS) is 1. The van der Waals surface area contributed by atoms with Gasteiger partial charge in [0.1, 0.15) is 41.0 Å². The number of imidazole rings is 1. The number of nitriles is 1. The number of nitrogens with zero attached hydrogens (tertiary/aromatic N) is 5. The van der Waals surface area contributed by atoms with E-state index in [4.69, 9.17) is 14.2 Å². The molecule has 1 amide bonds. The second kappa shape index (κ2) is 13.2. The van der Waals surface area contributed by atoms with E-state index >= 15 is 8.78 Å². The molecule has 3 aromatic heterocycles. The molecule has 7 rings (SSSR count). The molecule has 254 valence electrons. The summed E-state index contributed by atoms with van der Waals surface area (Å²) in [7, 11) is 1.44. The maximum absolute atomic E-state index is 15.6. The van der Waals surface area contributed by atoms with Crippen LogP contribution in [0.5, 0.6) is 11.6 Å². The molecule has 5 aromatic rings. The third kappa shape index (κ3) is 6.55. The molecule has 2 aliphatic rings. The Balaban J connectivity index is 1.09. The first-order chi connectivity index (χ1) is 24.1. The molecule has 2 fully saturated rings. The van der Waals surface area contributed by atoms with Crippen molar-refractivity contribution < 1.29 is 37.7 Å². The zero-order valence-corrected chi connectivity index (χ0v) is 26.8. The van der Waals surface area contributed by atoms with Crippen LogP contribution in [0.15, 0.2) is 60.8 Å². The number of hydrogen-bond donors (Lipinski definition) is 2. The zero-order chi connectivity index (χ0) is 35.0. The van der Waals surface area contributed by atoms with E-state index in [-0.39, 0.29) is 53.1 Å². The van der Waals surface area contributed by atoms with Crippen molar-refractivity contribution in [1.82, 2.24) is 24.8 Å². The van der Waals surface area contributed by atoms with Crippen LogP contribution in [0.3, 0.4) is 0 Å². The Morgan fingerprint density at radius 2 is 1.94 bits per heavy atom. The summed E-state index contributed by atoms with van der Waals surface area (Å²) in [6.07, 6.45) is 3.30. The van der Waals surface area contributed by atoms with E-state index < -0.39 is 29.0 Å². The highest BCUT2D eigenvalue weighted by Gasteiger charge is 2.45. The summed E-state index contributed by atoms with van der Waals surface area (Å²) in [5, 5.41) is 21.4. The molecule has 1 saturated carbocycles. The second-order valence-corrected chi connectivity index (χ2v) is 12.2. The van der Waals surface area contributed by atoms with Crippen molar-refractivity contribution >= 4 is 22.9 Å². The van der Waals surface area contributed by atoms with E-state index in [0.717, 1.165) is 18.6 Å². The van der Waals surface area contributed by atoms with Gasteiger partial charge in [-0.2, -0.15) is 5.26 Å². The lowest BCUT2D eigenvalue weighted by molar-refractivity contribution is -0.0589. The van der Waals surface area contributed by atoms with Crippen LogP contribution in [0.2, 0.25) is 0 Å². The van der Waals surface area contributed by atoms with Crippen molar-refractivity contribution in [3.63, 3.8) is 0 Å². The molecule has 4 heterocycles. The number of amides is 1. The van der Waals surface area contributed by atoms with E-state index in [2.05, 4.69) is 26.3 Å². The second-order valence-electron chi connectivity index (χ2n) is 12.2. The van der Waals surface area contributed by atoms with Crippen LogP contribution in [0.1, 0.15) is 57.1 Å². The fourth-order valence-corrected chi connectivity index (χ4v) is 5.72. The number of carboxylic acids is 1. The first-order valence-electron chi connectivity index (χ1n) is 15.8. The average Bonchev–Trinajstić information content (AvgIpc) is 3.79. The minimum Gasteiger partial charge on any atom is -0.496 e. The van der Waals surface area contributed by atoms with Gasteiger partial charge in [0.25, 0.3) is 5.91 Å². The summed E-state index contributed by atoms with van der Waals surface area (Å²) in [6.45, 7) is 0.976. The fourth-order valence-electron chi connectivity index (χ4n) is 5.72. The number of methoxy groups -OCH3 is 1.